The lowest BCUT2D eigenvalue weighted by Gasteiger charge is -2.26. The lowest BCUT2D eigenvalue weighted by Crippen LogP contribution is -2.50. The summed E-state index contributed by atoms with van der Waals surface area (Å²) in [7, 11) is 1.73. The van der Waals surface area contributed by atoms with Crippen molar-refractivity contribution < 1.29 is 19.0 Å². The number of amides is 1. The lowest BCUT2D eigenvalue weighted by atomic mass is 10.0. The highest BCUT2D eigenvalue weighted by atomic mass is 16.6. The number of carbonyl (C=O) groups excluding carboxylic acids is 1. The molecule has 0 aromatic heterocycles. The second-order valence-electron chi connectivity index (χ2n) is 9.52. The third-order valence-corrected chi connectivity index (χ3v) is 5.07. The maximum Gasteiger partial charge on any atom is 0.407 e. The van der Waals surface area contributed by atoms with Gasteiger partial charge in [-0.2, -0.15) is 0 Å². The zero-order valence-electron chi connectivity index (χ0n) is 20.6. The molecule has 0 bridgehead atoms. The molecule has 32 heavy (non-hydrogen) atoms. The molecular weight excluding hydrogens is 408 g/mol. The number of rotatable bonds is 8. The van der Waals surface area contributed by atoms with Gasteiger partial charge in [0.1, 0.15) is 17.5 Å². The summed E-state index contributed by atoms with van der Waals surface area (Å²) in [4.78, 5) is 16.5. The third kappa shape index (κ3) is 8.94. The first-order valence-electron chi connectivity index (χ1n) is 11.4. The first-order chi connectivity index (χ1) is 15.1. The van der Waals surface area contributed by atoms with Crippen LogP contribution in [0.1, 0.15) is 52.2 Å². The summed E-state index contributed by atoms with van der Waals surface area (Å²) in [5, 5.41) is 9.58. The highest BCUT2D eigenvalue weighted by molar-refractivity contribution is 5.79. The van der Waals surface area contributed by atoms with E-state index < -0.39 is 11.7 Å². The monoisotopic (exact) mass is 448 g/mol. The molecule has 1 fully saturated rings. The van der Waals surface area contributed by atoms with Crippen LogP contribution in [-0.2, 0) is 16.0 Å². The van der Waals surface area contributed by atoms with Crippen LogP contribution >= 0.6 is 0 Å². The summed E-state index contributed by atoms with van der Waals surface area (Å²) in [6.45, 7) is 14.2. The van der Waals surface area contributed by atoms with Gasteiger partial charge in [0.25, 0.3) is 0 Å². The number of alkyl carbamates (subject to hydrolysis) is 1. The Morgan fingerprint density at radius 2 is 2.03 bits per heavy atom. The van der Waals surface area contributed by atoms with Crippen LogP contribution in [0.2, 0.25) is 0 Å². The number of carbonyl (C=O) groups is 1. The summed E-state index contributed by atoms with van der Waals surface area (Å²) in [5.41, 5.74) is 1.67. The molecule has 1 aromatic rings. The van der Waals surface area contributed by atoms with Crippen molar-refractivity contribution in [3.8, 4) is 5.75 Å². The van der Waals surface area contributed by atoms with Crippen LogP contribution in [0.4, 0.5) is 4.79 Å². The molecule has 8 nitrogen and oxygen atoms in total. The minimum atomic E-state index is -0.533. The molecule has 1 amide bonds. The Balaban J connectivity index is 1.92. The van der Waals surface area contributed by atoms with E-state index in [1.807, 2.05) is 20.8 Å². The van der Waals surface area contributed by atoms with Crippen molar-refractivity contribution in [3.63, 3.8) is 0 Å². The molecular formula is C24H40N4O4. The topological polar surface area (TPSA) is 93.2 Å². The lowest BCUT2D eigenvalue weighted by molar-refractivity contribution is 0.0491. The molecule has 1 saturated heterocycles. The molecule has 2 unspecified atom stereocenters. The summed E-state index contributed by atoms with van der Waals surface area (Å²) < 4.78 is 17.0. The number of ether oxygens (including phenoxy) is 3. The average molecular weight is 449 g/mol. The molecule has 180 valence electrons. The molecule has 2 atom stereocenters. The largest absolute Gasteiger partial charge is 0.488 e. The molecule has 0 spiro atoms. The number of nitrogens with one attached hydrogen (secondary N) is 3. The van der Waals surface area contributed by atoms with Crippen molar-refractivity contribution in [1.82, 2.24) is 16.0 Å². The Kier molecular flexibility index (Phi) is 9.62. The standard InChI is InChI=1S/C24H40N4O4/c1-16(2)20(28-23(29)32-24(4,5)6)14-27-22(25-7)26-13-18-9-8-17(3)12-21(18)31-19-10-11-30-15-19/h8-9,12,16,19-20H,10-11,13-15H2,1-7H3,(H,28,29)(H2,25,26,27). The zero-order chi connectivity index (χ0) is 23.7. The van der Waals surface area contributed by atoms with Crippen molar-refractivity contribution in [1.29, 1.82) is 0 Å². The molecule has 2 rings (SSSR count). The van der Waals surface area contributed by atoms with Gasteiger partial charge in [-0.15, -0.1) is 0 Å². The maximum absolute atomic E-state index is 12.2. The molecule has 1 aliphatic heterocycles. The molecule has 8 heteroatoms. The third-order valence-electron chi connectivity index (χ3n) is 5.07. The molecule has 1 aromatic carbocycles. The van der Waals surface area contributed by atoms with Crippen molar-refractivity contribution in [2.24, 2.45) is 10.9 Å². The van der Waals surface area contributed by atoms with Crippen LogP contribution in [0, 0.1) is 12.8 Å². The van der Waals surface area contributed by atoms with E-state index in [0.29, 0.717) is 25.7 Å². The van der Waals surface area contributed by atoms with E-state index in [1.54, 1.807) is 7.05 Å². The smallest absolute Gasteiger partial charge is 0.407 e. The van der Waals surface area contributed by atoms with E-state index in [0.717, 1.165) is 29.9 Å². The number of nitrogens with zero attached hydrogens (tertiary/aromatic N) is 1. The van der Waals surface area contributed by atoms with Gasteiger partial charge in [0.05, 0.1) is 19.3 Å². The molecule has 0 radical (unpaired) electrons. The quantitative estimate of drug-likeness (QED) is 0.417. The first kappa shape index (κ1) is 25.8. The summed E-state index contributed by atoms with van der Waals surface area (Å²) in [6.07, 6.45) is 0.586. The number of aliphatic imine (C=N–C) groups is 1. The fraction of sp³-hybridized carbons (Fsp3) is 0.667. The van der Waals surface area contributed by atoms with Crippen LogP contribution in [0.3, 0.4) is 0 Å². The predicted molar refractivity (Wildman–Crippen MR) is 127 cm³/mol. The number of hydrogen-bond acceptors (Lipinski definition) is 5. The van der Waals surface area contributed by atoms with Gasteiger partial charge in [-0.1, -0.05) is 26.0 Å². The van der Waals surface area contributed by atoms with E-state index in [4.69, 9.17) is 14.2 Å². The van der Waals surface area contributed by atoms with Crippen molar-refractivity contribution in [2.75, 3.05) is 26.8 Å². The van der Waals surface area contributed by atoms with Gasteiger partial charge in [-0.05, 0) is 45.2 Å². The highest BCUT2D eigenvalue weighted by Crippen LogP contribution is 2.23. The van der Waals surface area contributed by atoms with E-state index >= 15 is 0 Å². The Bertz CT molecular complexity index is 768. The molecule has 0 aliphatic carbocycles. The molecule has 0 saturated carbocycles. The summed E-state index contributed by atoms with van der Waals surface area (Å²) in [5.74, 6) is 1.74. The molecule has 1 heterocycles. The van der Waals surface area contributed by atoms with Gasteiger partial charge in [0, 0.05) is 32.1 Å². The van der Waals surface area contributed by atoms with Crippen LogP contribution in [0.15, 0.2) is 23.2 Å². The number of guanidine groups is 1. The second-order valence-corrected chi connectivity index (χ2v) is 9.52. The SMILES string of the molecule is CN=C(NCc1ccc(C)cc1OC1CCOC1)NCC(NC(=O)OC(C)(C)C)C(C)C. The predicted octanol–water partition coefficient (Wildman–Crippen LogP) is 3.38. The van der Waals surface area contributed by atoms with Crippen molar-refractivity contribution in [2.45, 2.75) is 72.3 Å². The number of hydrogen-bond donors (Lipinski definition) is 3. The van der Waals surface area contributed by atoms with Gasteiger partial charge in [-0.3, -0.25) is 4.99 Å². The fourth-order valence-corrected chi connectivity index (χ4v) is 3.22. The normalized spacial score (nSPS) is 17.8. The first-order valence-corrected chi connectivity index (χ1v) is 11.4. The van der Waals surface area contributed by atoms with Crippen LogP contribution in [-0.4, -0.2) is 56.6 Å². The van der Waals surface area contributed by atoms with Gasteiger partial charge < -0.3 is 30.2 Å². The Morgan fingerprint density at radius 1 is 1.28 bits per heavy atom. The van der Waals surface area contributed by atoms with Crippen LogP contribution in [0.25, 0.3) is 0 Å². The summed E-state index contributed by atoms with van der Waals surface area (Å²) in [6, 6.07) is 6.10. The molecule has 3 N–H and O–H groups in total. The fourth-order valence-electron chi connectivity index (χ4n) is 3.22. The van der Waals surface area contributed by atoms with E-state index in [9.17, 15) is 4.79 Å². The Morgan fingerprint density at radius 3 is 2.62 bits per heavy atom. The molecule has 1 aliphatic rings. The van der Waals surface area contributed by atoms with E-state index in [1.165, 1.54) is 0 Å². The van der Waals surface area contributed by atoms with Gasteiger partial charge in [0.15, 0.2) is 5.96 Å². The summed E-state index contributed by atoms with van der Waals surface area (Å²) >= 11 is 0. The average Bonchev–Trinajstić information content (AvgIpc) is 3.19. The van der Waals surface area contributed by atoms with Gasteiger partial charge in [-0.25, -0.2) is 4.79 Å². The van der Waals surface area contributed by atoms with Crippen molar-refractivity contribution >= 4 is 12.1 Å². The zero-order valence-corrected chi connectivity index (χ0v) is 20.6. The van der Waals surface area contributed by atoms with E-state index in [2.05, 4.69) is 59.9 Å². The number of aryl methyl sites for hydroxylation is 1. The van der Waals surface area contributed by atoms with Crippen LogP contribution < -0.4 is 20.7 Å². The van der Waals surface area contributed by atoms with Gasteiger partial charge >= 0.3 is 6.09 Å². The maximum atomic E-state index is 12.2. The Labute approximate surface area is 192 Å². The van der Waals surface area contributed by atoms with E-state index in [-0.39, 0.29) is 18.1 Å². The number of benzene rings is 1. The van der Waals surface area contributed by atoms with Crippen molar-refractivity contribution in [3.05, 3.63) is 29.3 Å². The van der Waals surface area contributed by atoms with Crippen LogP contribution in [0.5, 0.6) is 5.75 Å². The minimum absolute atomic E-state index is 0.0960. The Hall–Kier alpha value is -2.48. The van der Waals surface area contributed by atoms with Gasteiger partial charge in [0.2, 0.25) is 0 Å². The highest BCUT2D eigenvalue weighted by Gasteiger charge is 2.22. The minimum Gasteiger partial charge on any atom is -0.488 e. The second kappa shape index (κ2) is 11.9.